The predicted octanol–water partition coefficient (Wildman–Crippen LogP) is 3.48. The maximum atomic E-state index is 11.8. The van der Waals surface area contributed by atoms with Crippen molar-refractivity contribution in [3.63, 3.8) is 0 Å². The van der Waals surface area contributed by atoms with Crippen LogP contribution in [0.1, 0.15) is 32.2 Å². The highest BCUT2D eigenvalue weighted by Gasteiger charge is 2.24. The Morgan fingerprint density at radius 2 is 2.13 bits per heavy atom. The van der Waals surface area contributed by atoms with E-state index in [-0.39, 0.29) is 0 Å². The highest BCUT2D eigenvalue weighted by Crippen LogP contribution is 2.34. The van der Waals surface area contributed by atoms with Gasteiger partial charge in [-0.25, -0.2) is 4.98 Å². The van der Waals surface area contributed by atoms with Crippen LogP contribution in [-0.4, -0.2) is 34.2 Å². The summed E-state index contributed by atoms with van der Waals surface area (Å²) in [5.74, 6) is 0. The molecule has 0 atom stereocenters. The minimum absolute atomic E-state index is 0.689. The van der Waals surface area contributed by atoms with Gasteiger partial charge in [-0.3, -0.25) is 9.20 Å². The Kier molecular flexibility index (Phi) is 3.36. The summed E-state index contributed by atoms with van der Waals surface area (Å²) in [4.78, 5) is 21.2. The Morgan fingerprint density at radius 1 is 1.30 bits per heavy atom. The number of likely N-dealkylation sites (N-methyl/N-ethyl adjacent to an activating group) is 1. The maximum absolute atomic E-state index is 11.8. The summed E-state index contributed by atoms with van der Waals surface area (Å²) in [6.45, 7) is 6.12. The van der Waals surface area contributed by atoms with Crippen molar-refractivity contribution in [1.82, 2.24) is 14.3 Å². The molecule has 0 unspecified atom stereocenters. The first-order valence-electron chi connectivity index (χ1n) is 7.83. The van der Waals surface area contributed by atoms with Gasteiger partial charge in [-0.15, -0.1) is 0 Å². The molecule has 0 saturated heterocycles. The Bertz CT molecular complexity index is 922. The maximum Gasteiger partial charge on any atom is 0.195 e. The molecule has 5 heteroatoms. The topological polar surface area (TPSA) is 37.6 Å². The highest BCUT2D eigenvalue weighted by atomic mass is 32.1. The first kappa shape index (κ1) is 14.6. The minimum atomic E-state index is 0.689. The van der Waals surface area contributed by atoms with Crippen molar-refractivity contribution in [2.75, 3.05) is 13.6 Å². The molecule has 1 aliphatic rings. The average Bonchev–Trinajstić information content (AvgIpc) is 3.01. The summed E-state index contributed by atoms with van der Waals surface area (Å²) in [6, 6.07) is 6.29. The van der Waals surface area contributed by atoms with Gasteiger partial charge in [0, 0.05) is 35.6 Å². The lowest BCUT2D eigenvalue weighted by Gasteiger charge is -2.21. The number of aromatic nitrogens is 2. The van der Waals surface area contributed by atoms with Gasteiger partial charge in [-0.1, -0.05) is 35.1 Å². The number of rotatable bonds is 2. The molecule has 2 aromatic heterocycles. The Balaban J connectivity index is 1.95. The number of imidazole rings is 1. The van der Waals surface area contributed by atoms with Crippen LogP contribution in [0.25, 0.3) is 16.2 Å². The number of carbonyl (C=O) groups is 1. The van der Waals surface area contributed by atoms with E-state index in [1.807, 2.05) is 0 Å². The van der Waals surface area contributed by atoms with Crippen LogP contribution in [0.3, 0.4) is 0 Å². The number of hydrogen-bond acceptors (Lipinski definition) is 4. The molecule has 0 saturated carbocycles. The molecular weight excluding hydrogens is 306 g/mol. The fraction of sp³-hybridized carbons (Fsp3) is 0.333. The van der Waals surface area contributed by atoms with Crippen LogP contribution in [0.2, 0.25) is 0 Å². The second-order valence-electron chi connectivity index (χ2n) is 6.36. The number of nitrogens with zero attached hydrogens (tertiary/aromatic N) is 3. The first-order chi connectivity index (χ1) is 11.1. The summed E-state index contributed by atoms with van der Waals surface area (Å²) in [5, 5.41) is 0. The van der Waals surface area contributed by atoms with E-state index in [4.69, 9.17) is 4.98 Å². The van der Waals surface area contributed by atoms with Gasteiger partial charge in [0.05, 0.1) is 0 Å². The second-order valence-corrected chi connectivity index (χ2v) is 7.42. The van der Waals surface area contributed by atoms with Gasteiger partial charge >= 0.3 is 0 Å². The monoisotopic (exact) mass is 325 g/mol. The van der Waals surface area contributed by atoms with Gasteiger partial charge in [0.25, 0.3) is 0 Å². The van der Waals surface area contributed by atoms with Crippen molar-refractivity contribution in [2.24, 2.45) is 0 Å². The number of benzene rings is 1. The Morgan fingerprint density at radius 3 is 2.87 bits per heavy atom. The molecule has 1 aliphatic heterocycles. The molecule has 0 spiro atoms. The Labute approximate surface area is 139 Å². The van der Waals surface area contributed by atoms with Crippen LogP contribution in [-0.2, 0) is 13.0 Å². The number of carbonyl (C=O) groups excluding carboxylic acids is 1. The van der Waals surface area contributed by atoms with Crippen molar-refractivity contribution in [3.05, 3.63) is 45.6 Å². The first-order valence-corrected chi connectivity index (χ1v) is 8.64. The number of hydrogen-bond donors (Lipinski definition) is 0. The van der Waals surface area contributed by atoms with Crippen molar-refractivity contribution < 1.29 is 4.79 Å². The zero-order valence-electron chi connectivity index (χ0n) is 13.6. The molecule has 3 aromatic rings. The molecule has 118 valence electrons. The van der Waals surface area contributed by atoms with Crippen LogP contribution < -0.4 is 0 Å². The number of thiazole rings is 1. The van der Waals surface area contributed by atoms with Crippen LogP contribution in [0, 0.1) is 13.8 Å². The van der Waals surface area contributed by atoms with Gasteiger partial charge in [-0.05, 0) is 26.5 Å². The van der Waals surface area contributed by atoms with Crippen molar-refractivity contribution >= 4 is 22.6 Å². The van der Waals surface area contributed by atoms with E-state index in [1.54, 1.807) is 11.3 Å². The third-order valence-corrected chi connectivity index (χ3v) is 5.65. The van der Waals surface area contributed by atoms with Crippen molar-refractivity contribution in [2.45, 2.75) is 26.8 Å². The SMILES string of the molecule is Cc1ccc(-c2nc3sc4c(n3c2C=O)CCN(C)C4)c(C)c1. The molecule has 0 fully saturated rings. The fourth-order valence-electron chi connectivity index (χ4n) is 3.42. The minimum Gasteiger partial charge on any atom is -0.301 e. The van der Waals surface area contributed by atoms with E-state index in [0.29, 0.717) is 5.69 Å². The molecule has 4 nitrogen and oxygen atoms in total. The fourth-order valence-corrected chi connectivity index (χ4v) is 4.67. The van der Waals surface area contributed by atoms with E-state index in [1.165, 1.54) is 16.1 Å². The molecule has 0 aliphatic carbocycles. The molecule has 0 amide bonds. The van der Waals surface area contributed by atoms with Crippen LogP contribution in [0.15, 0.2) is 18.2 Å². The van der Waals surface area contributed by atoms with Crippen LogP contribution in [0.5, 0.6) is 0 Å². The van der Waals surface area contributed by atoms with Gasteiger partial charge in [0.1, 0.15) is 11.4 Å². The lowest BCUT2D eigenvalue weighted by Crippen LogP contribution is -2.26. The zero-order valence-corrected chi connectivity index (χ0v) is 14.4. The van der Waals surface area contributed by atoms with Gasteiger partial charge in [0.2, 0.25) is 0 Å². The van der Waals surface area contributed by atoms with E-state index >= 15 is 0 Å². The lowest BCUT2D eigenvalue weighted by atomic mass is 10.0. The standard InChI is InChI=1S/C18H19N3OS/c1-11-4-5-13(12(2)8-11)17-15(10-22)21-14-6-7-20(3)9-16(14)23-18(21)19-17/h4-5,8,10H,6-7,9H2,1-3H3. The smallest absolute Gasteiger partial charge is 0.195 e. The molecule has 1 aromatic carbocycles. The van der Waals surface area contributed by atoms with Gasteiger partial charge in [0.15, 0.2) is 11.2 Å². The third kappa shape index (κ3) is 2.23. The second kappa shape index (κ2) is 5.28. The highest BCUT2D eigenvalue weighted by molar-refractivity contribution is 7.17. The van der Waals surface area contributed by atoms with E-state index in [2.05, 4.69) is 48.4 Å². The van der Waals surface area contributed by atoms with E-state index < -0.39 is 0 Å². The van der Waals surface area contributed by atoms with Crippen LogP contribution >= 0.6 is 11.3 Å². The molecule has 0 N–H and O–H groups in total. The molecule has 0 bridgehead atoms. The summed E-state index contributed by atoms with van der Waals surface area (Å²) in [7, 11) is 2.13. The van der Waals surface area contributed by atoms with E-state index in [9.17, 15) is 4.79 Å². The third-order valence-electron chi connectivity index (χ3n) is 4.58. The van der Waals surface area contributed by atoms with Crippen molar-refractivity contribution in [1.29, 1.82) is 0 Å². The van der Waals surface area contributed by atoms with Gasteiger partial charge < -0.3 is 4.90 Å². The summed E-state index contributed by atoms with van der Waals surface area (Å²) >= 11 is 1.71. The molecule has 4 rings (SSSR count). The number of fused-ring (bicyclic) bond motifs is 3. The summed E-state index contributed by atoms with van der Waals surface area (Å²) in [5.41, 5.74) is 6.19. The number of aryl methyl sites for hydroxylation is 2. The lowest BCUT2D eigenvalue weighted by molar-refractivity contribution is 0.111. The van der Waals surface area contributed by atoms with E-state index in [0.717, 1.165) is 47.6 Å². The zero-order chi connectivity index (χ0) is 16.1. The summed E-state index contributed by atoms with van der Waals surface area (Å²) < 4.78 is 2.08. The average molecular weight is 325 g/mol. The molecule has 23 heavy (non-hydrogen) atoms. The number of aldehydes is 1. The molecule has 0 radical (unpaired) electrons. The molecular formula is C18H19N3OS. The van der Waals surface area contributed by atoms with Crippen LogP contribution in [0.4, 0.5) is 0 Å². The van der Waals surface area contributed by atoms with Crippen molar-refractivity contribution in [3.8, 4) is 11.3 Å². The molecule has 3 heterocycles. The largest absolute Gasteiger partial charge is 0.301 e. The predicted molar refractivity (Wildman–Crippen MR) is 93.4 cm³/mol. The van der Waals surface area contributed by atoms with Gasteiger partial charge in [-0.2, -0.15) is 0 Å². The normalized spacial score (nSPS) is 15.1. The quantitative estimate of drug-likeness (QED) is 0.677. The summed E-state index contributed by atoms with van der Waals surface area (Å²) in [6.07, 6.45) is 1.93. The Hall–Kier alpha value is -1.98.